The van der Waals surface area contributed by atoms with Crippen molar-refractivity contribution in [2.75, 3.05) is 0 Å². The lowest BCUT2D eigenvalue weighted by Crippen LogP contribution is -1.93. The molecular weight excluding hydrogens is 591 g/mol. The summed E-state index contributed by atoms with van der Waals surface area (Å²) in [6, 6.07) is 68.8. The maximum atomic E-state index is 2.39. The molecule has 10 aromatic rings. The normalized spacial score (nSPS) is 11.7. The maximum Gasteiger partial charge on any atom is 0.0541 e. The van der Waals surface area contributed by atoms with Crippen molar-refractivity contribution in [1.29, 1.82) is 0 Å². The number of hydrogen-bond donors (Lipinski definition) is 0. The topological polar surface area (TPSA) is 4.93 Å². The average molecular weight is 622 g/mol. The van der Waals surface area contributed by atoms with Gasteiger partial charge in [0, 0.05) is 16.5 Å². The molecule has 0 bridgehead atoms. The first-order chi connectivity index (χ1) is 24.3. The number of aromatic nitrogens is 1. The lowest BCUT2D eigenvalue weighted by atomic mass is 9.95. The Labute approximate surface area is 284 Å². The zero-order valence-corrected chi connectivity index (χ0v) is 26.8. The molecular formula is C48H31N. The molecule has 0 aliphatic rings. The fraction of sp³-hybridized carbons (Fsp3) is 0. The number of fused-ring (bicyclic) bond motifs is 7. The molecule has 228 valence electrons. The molecule has 0 aliphatic heterocycles. The molecule has 0 unspecified atom stereocenters. The largest absolute Gasteiger partial charge is 0.309 e. The van der Waals surface area contributed by atoms with E-state index in [9.17, 15) is 0 Å². The molecule has 1 heterocycles. The quantitative estimate of drug-likeness (QED) is 0.172. The highest BCUT2D eigenvalue weighted by molar-refractivity contribution is 6.12. The fourth-order valence-electron chi connectivity index (χ4n) is 7.65. The minimum atomic E-state index is 1.17. The molecule has 1 heteroatoms. The first-order valence-electron chi connectivity index (χ1n) is 16.9. The van der Waals surface area contributed by atoms with E-state index < -0.39 is 0 Å². The first kappa shape index (κ1) is 27.7. The predicted octanol–water partition coefficient (Wildman–Crippen LogP) is 13.2. The van der Waals surface area contributed by atoms with Gasteiger partial charge >= 0.3 is 0 Å². The Bertz CT molecular complexity index is 2860. The van der Waals surface area contributed by atoms with E-state index in [-0.39, 0.29) is 0 Å². The number of rotatable bonds is 4. The number of nitrogens with zero attached hydrogens (tertiary/aromatic N) is 1. The van der Waals surface area contributed by atoms with E-state index >= 15 is 0 Å². The summed E-state index contributed by atoms with van der Waals surface area (Å²) in [4.78, 5) is 0. The lowest BCUT2D eigenvalue weighted by molar-refractivity contribution is 1.18. The predicted molar refractivity (Wildman–Crippen MR) is 210 cm³/mol. The second-order valence-corrected chi connectivity index (χ2v) is 13.0. The standard InChI is InChI=1S/C48H31N/c1-2-11-42(12-3-1)49-47-26-23-39(30-45(47)46-31-40(24-27-48(46)49)38-20-18-32-8-4-5-10-36(32)28-38)34-16-14-33(15-17-34)37-22-25-44-41(29-37)21-19-35-9-6-7-13-43(35)44/h1-31H. The van der Waals surface area contributed by atoms with Crippen LogP contribution in [0.2, 0.25) is 0 Å². The van der Waals surface area contributed by atoms with E-state index in [2.05, 4.69) is 193 Å². The van der Waals surface area contributed by atoms with Crippen molar-refractivity contribution in [2.24, 2.45) is 0 Å². The highest BCUT2D eigenvalue weighted by atomic mass is 15.0. The molecule has 0 spiro atoms. The summed E-state index contributed by atoms with van der Waals surface area (Å²) in [7, 11) is 0. The Morgan fingerprint density at radius 1 is 0.245 bits per heavy atom. The van der Waals surface area contributed by atoms with Gasteiger partial charge in [-0.25, -0.2) is 0 Å². The van der Waals surface area contributed by atoms with Gasteiger partial charge in [-0.1, -0.05) is 140 Å². The van der Waals surface area contributed by atoms with Crippen molar-refractivity contribution in [2.45, 2.75) is 0 Å². The first-order valence-corrected chi connectivity index (χ1v) is 16.9. The van der Waals surface area contributed by atoms with Crippen LogP contribution in [0.15, 0.2) is 188 Å². The highest BCUT2D eigenvalue weighted by Crippen LogP contribution is 2.38. The summed E-state index contributed by atoms with van der Waals surface area (Å²) >= 11 is 0. The van der Waals surface area contributed by atoms with Crippen LogP contribution in [0.5, 0.6) is 0 Å². The molecule has 1 nitrogen and oxygen atoms in total. The second-order valence-electron chi connectivity index (χ2n) is 13.0. The Balaban J connectivity index is 1.08. The van der Waals surface area contributed by atoms with Crippen molar-refractivity contribution in [3.63, 3.8) is 0 Å². The molecule has 9 aromatic carbocycles. The Morgan fingerprint density at radius 2 is 0.694 bits per heavy atom. The average Bonchev–Trinajstić information content (AvgIpc) is 3.51. The monoisotopic (exact) mass is 621 g/mol. The van der Waals surface area contributed by atoms with Gasteiger partial charge in [-0.15, -0.1) is 0 Å². The van der Waals surface area contributed by atoms with E-state index in [4.69, 9.17) is 0 Å². The van der Waals surface area contributed by atoms with Crippen LogP contribution in [0.1, 0.15) is 0 Å². The van der Waals surface area contributed by atoms with Crippen LogP contribution in [0.25, 0.3) is 93.2 Å². The zero-order chi connectivity index (χ0) is 32.3. The smallest absolute Gasteiger partial charge is 0.0541 e. The van der Waals surface area contributed by atoms with Gasteiger partial charge in [-0.2, -0.15) is 0 Å². The van der Waals surface area contributed by atoms with Crippen LogP contribution in [-0.4, -0.2) is 4.57 Å². The third kappa shape index (κ3) is 4.63. The molecule has 49 heavy (non-hydrogen) atoms. The summed E-state index contributed by atoms with van der Waals surface area (Å²) in [5.74, 6) is 0. The Kier molecular flexibility index (Phi) is 6.25. The molecule has 0 radical (unpaired) electrons. The number of hydrogen-bond acceptors (Lipinski definition) is 0. The van der Waals surface area contributed by atoms with E-state index in [0.717, 1.165) is 0 Å². The van der Waals surface area contributed by atoms with E-state index in [0.29, 0.717) is 0 Å². The zero-order valence-electron chi connectivity index (χ0n) is 26.8. The fourth-order valence-corrected chi connectivity index (χ4v) is 7.65. The molecule has 0 aliphatic carbocycles. The SMILES string of the molecule is c1ccc(-n2c3ccc(-c4ccc(-c5ccc6c(ccc7ccccc76)c5)cc4)cc3c3cc(-c4ccc5ccccc5c4)ccc32)cc1. The van der Waals surface area contributed by atoms with Gasteiger partial charge in [0.25, 0.3) is 0 Å². The molecule has 10 rings (SSSR count). The van der Waals surface area contributed by atoms with E-state index in [1.165, 1.54) is 93.2 Å². The van der Waals surface area contributed by atoms with E-state index in [1.807, 2.05) is 0 Å². The molecule has 0 atom stereocenters. The third-order valence-electron chi connectivity index (χ3n) is 10.2. The summed E-state index contributed by atoms with van der Waals surface area (Å²) in [6.07, 6.45) is 0. The van der Waals surface area contributed by atoms with Gasteiger partial charge < -0.3 is 4.57 Å². The van der Waals surface area contributed by atoms with Gasteiger partial charge in [-0.3, -0.25) is 0 Å². The van der Waals surface area contributed by atoms with Crippen LogP contribution in [0, 0.1) is 0 Å². The molecule has 0 fully saturated rings. The third-order valence-corrected chi connectivity index (χ3v) is 10.2. The van der Waals surface area contributed by atoms with Crippen LogP contribution in [-0.2, 0) is 0 Å². The van der Waals surface area contributed by atoms with Crippen molar-refractivity contribution < 1.29 is 0 Å². The van der Waals surface area contributed by atoms with Crippen molar-refractivity contribution in [3.05, 3.63) is 188 Å². The van der Waals surface area contributed by atoms with Crippen molar-refractivity contribution in [1.82, 2.24) is 4.57 Å². The second kappa shape index (κ2) is 11.1. The van der Waals surface area contributed by atoms with Crippen LogP contribution in [0.3, 0.4) is 0 Å². The number of benzene rings is 9. The van der Waals surface area contributed by atoms with Gasteiger partial charge in [0.2, 0.25) is 0 Å². The van der Waals surface area contributed by atoms with E-state index in [1.54, 1.807) is 0 Å². The minimum Gasteiger partial charge on any atom is -0.309 e. The van der Waals surface area contributed by atoms with Crippen molar-refractivity contribution in [3.8, 4) is 39.1 Å². The summed E-state index contributed by atoms with van der Waals surface area (Å²) in [5, 5.41) is 10.2. The summed E-state index contributed by atoms with van der Waals surface area (Å²) in [6.45, 7) is 0. The highest BCUT2D eigenvalue weighted by Gasteiger charge is 2.15. The summed E-state index contributed by atoms with van der Waals surface area (Å²) in [5.41, 5.74) is 10.9. The molecule has 0 amide bonds. The molecule has 1 aromatic heterocycles. The Hall–Kier alpha value is -6.44. The Morgan fingerprint density at radius 3 is 1.43 bits per heavy atom. The summed E-state index contributed by atoms with van der Waals surface area (Å²) < 4.78 is 2.39. The molecule has 0 saturated carbocycles. The van der Waals surface area contributed by atoms with Gasteiger partial charge in [0.15, 0.2) is 0 Å². The van der Waals surface area contributed by atoms with Gasteiger partial charge in [-0.05, 0) is 114 Å². The van der Waals surface area contributed by atoms with Gasteiger partial charge in [0.05, 0.1) is 11.0 Å². The molecule has 0 saturated heterocycles. The van der Waals surface area contributed by atoms with Crippen LogP contribution in [0.4, 0.5) is 0 Å². The van der Waals surface area contributed by atoms with Gasteiger partial charge in [0.1, 0.15) is 0 Å². The van der Waals surface area contributed by atoms with Crippen molar-refractivity contribution >= 4 is 54.1 Å². The minimum absolute atomic E-state index is 1.17. The van der Waals surface area contributed by atoms with Crippen LogP contribution >= 0.6 is 0 Å². The maximum absolute atomic E-state index is 2.39. The van der Waals surface area contributed by atoms with Crippen LogP contribution < -0.4 is 0 Å². The lowest BCUT2D eigenvalue weighted by Gasteiger charge is -2.09. The molecule has 0 N–H and O–H groups in total. The number of para-hydroxylation sites is 1.